The van der Waals surface area contributed by atoms with Crippen LogP contribution in [-0.2, 0) is 24.4 Å². The molecule has 0 bridgehead atoms. The van der Waals surface area contributed by atoms with Crippen molar-refractivity contribution in [2.45, 2.75) is 19.6 Å². The minimum atomic E-state index is -0.660. The second-order valence-corrected chi connectivity index (χ2v) is 7.67. The minimum absolute atomic E-state index is 0.112. The van der Waals surface area contributed by atoms with Crippen molar-refractivity contribution in [1.29, 1.82) is 0 Å². The van der Waals surface area contributed by atoms with Gasteiger partial charge in [0.25, 0.3) is 5.56 Å². The molecule has 2 aromatic rings. The molecule has 1 N–H and O–H groups in total. The van der Waals surface area contributed by atoms with E-state index in [0.29, 0.717) is 0 Å². The third-order valence-electron chi connectivity index (χ3n) is 4.56. The van der Waals surface area contributed by atoms with Crippen LogP contribution in [0.4, 0.5) is 4.39 Å². The molecule has 152 valence electrons. The number of rotatable bonds is 6. The molecule has 0 saturated carbocycles. The Bertz CT molecular complexity index is 1260. The van der Waals surface area contributed by atoms with E-state index in [1.807, 2.05) is 17.5 Å². The Labute approximate surface area is 174 Å². The van der Waals surface area contributed by atoms with Gasteiger partial charge in [0.05, 0.1) is 12.1 Å². The van der Waals surface area contributed by atoms with Crippen LogP contribution in [0.1, 0.15) is 10.4 Å². The van der Waals surface area contributed by atoms with Crippen LogP contribution in [0.15, 0.2) is 69.7 Å². The van der Waals surface area contributed by atoms with Crippen molar-refractivity contribution < 1.29 is 9.18 Å². The Balaban J connectivity index is 1.55. The Morgan fingerprint density at radius 1 is 1.10 bits per heavy atom. The predicted molar refractivity (Wildman–Crippen MR) is 111 cm³/mol. The van der Waals surface area contributed by atoms with Gasteiger partial charge in [-0.25, -0.2) is 9.18 Å². The second-order valence-electron chi connectivity index (χ2n) is 6.64. The van der Waals surface area contributed by atoms with E-state index >= 15 is 0 Å². The number of hydrogen-bond acceptors (Lipinski definition) is 5. The van der Waals surface area contributed by atoms with Gasteiger partial charge in [0.1, 0.15) is 12.4 Å². The van der Waals surface area contributed by atoms with E-state index in [1.165, 1.54) is 28.0 Å². The summed E-state index contributed by atoms with van der Waals surface area (Å²) >= 11 is 1.45. The maximum Gasteiger partial charge on any atom is 0.352 e. The summed E-state index contributed by atoms with van der Waals surface area (Å²) in [6, 6.07) is 12.7. The van der Waals surface area contributed by atoms with Gasteiger partial charge in [-0.05, 0) is 41.3 Å². The standard InChI is InChI=1S/C21H17FN4O3S/c22-15-7-5-14(6-8-15)11-23-18(27)13-25-9-1-4-17-19(25)24-21(29)26(20(17)28)12-16-3-2-10-30-16/h1-10H,11-13H2,(H,23,27). The summed E-state index contributed by atoms with van der Waals surface area (Å²) < 4.78 is 15.5. The monoisotopic (exact) mass is 424 g/mol. The van der Waals surface area contributed by atoms with Gasteiger partial charge in [-0.2, -0.15) is 4.98 Å². The topological polar surface area (TPSA) is 86.0 Å². The number of fused-ring (bicyclic) bond motifs is 1. The molecule has 0 fully saturated rings. The molecular formula is C21H17FN4O3S. The molecular weight excluding hydrogens is 407 g/mol. The predicted octanol–water partition coefficient (Wildman–Crippen LogP) is 2.08. The van der Waals surface area contributed by atoms with Crippen LogP contribution < -0.4 is 16.6 Å². The average Bonchev–Trinajstić information content (AvgIpc) is 3.25. The maximum atomic E-state index is 13.0. The third kappa shape index (κ3) is 4.20. The van der Waals surface area contributed by atoms with Crippen LogP contribution in [-0.4, -0.2) is 20.0 Å². The van der Waals surface area contributed by atoms with Crippen molar-refractivity contribution in [3.63, 3.8) is 0 Å². The van der Waals surface area contributed by atoms with Crippen molar-refractivity contribution in [2.24, 2.45) is 0 Å². The second kappa shape index (κ2) is 8.42. The number of carbonyl (C=O) groups is 1. The van der Waals surface area contributed by atoms with Gasteiger partial charge in [-0.3, -0.25) is 14.2 Å². The van der Waals surface area contributed by atoms with Gasteiger partial charge >= 0.3 is 5.69 Å². The summed E-state index contributed by atoms with van der Waals surface area (Å²) in [6.45, 7) is 0.281. The zero-order chi connectivity index (χ0) is 21.1. The fraction of sp³-hybridized carbons (Fsp3) is 0.143. The molecule has 4 rings (SSSR count). The van der Waals surface area contributed by atoms with E-state index in [1.54, 1.807) is 30.5 Å². The Kier molecular flexibility index (Phi) is 5.53. The number of carbonyl (C=O) groups excluding carboxylic acids is 1. The highest BCUT2D eigenvalue weighted by molar-refractivity contribution is 7.09. The van der Waals surface area contributed by atoms with Gasteiger partial charge in [-0.1, -0.05) is 18.2 Å². The highest BCUT2D eigenvalue weighted by Crippen LogP contribution is 2.14. The number of amides is 1. The van der Waals surface area contributed by atoms with Crippen molar-refractivity contribution >= 4 is 17.2 Å². The molecule has 1 aromatic carbocycles. The molecule has 0 saturated heterocycles. The third-order valence-corrected chi connectivity index (χ3v) is 5.42. The fourth-order valence-electron chi connectivity index (χ4n) is 3.06. The van der Waals surface area contributed by atoms with E-state index in [4.69, 9.17) is 0 Å². The molecule has 0 aliphatic carbocycles. The largest absolute Gasteiger partial charge is 0.352 e. The summed E-state index contributed by atoms with van der Waals surface area (Å²) in [5, 5.41) is 4.60. The smallest absolute Gasteiger partial charge is 0.350 e. The number of benzene rings is 1. The highest BCUT2D eigenvalue weighted by atomic mass is 32.1. The number of nitrogens with one attached hydrogen (secondary N) is 1. The summed E-state index contributed by atoms with van der Waals surface area (Å²) in [5.74, 6) is -0.513. The summed E-state index contributed by atoms with van der Waals surface area (Å²) in [4.78, 5) is 42.6. The Morgan fingerprint density at radius 2 is 1.90 bits per heavy atom. The van der Waals surface area contributed by atoms with Crippen molar-refractivity contribution in [3.05, 3.63) is 97.2 Å². The van der Waals surface area contributed by atoms with Crippen molar-refractivity contribution in [3.8, 4) is 11.4 Å². The molecule has 3 heterocycles. The SMILES string of the molecule is O=C(Cn1cccc2c(=O)n(Cc3cccs3)c(=O)nc1-2)NCc1ccc(F)cc1. The van der Waals surface area contributed by atoms with E-state index in [2.05, 4.69) is 10.3 Å². The van der Waals surface area contributed by atoms with Crippen LogP contribution in [0.2, 0.25) is 0 Å². The van der Waals surface area contributed by atoms with E-state index in [0.717, 1.165) is 15.0 Å². The molecule has 2 aliphatic rings. The lowest BCUT2D eigenvalue weighted by atomic mass is 10.2. The molecule has 7 nitrogen and oxygen atoms in total. The number of pyridine rings is 1. The molecule has 9 heteroatoms. The van der Waals surface area contributed by atoms with Crippen molar-refractivity contribution in [1.82, 2.24) is 19.4 Å². The van der Waals surface area contributed by atoms with Gasteiger partial charge in [0.15, 0.2) is 5.82 Å². The Hall–Kier alpha value is -3.59. The van der Waals surface area contributed by atoms with Crippen LogP contribution in [0.25, 0.3) is 11.4 Å². The first kappa shape index (κ1) is 19.7. The van der Waals surface area contributed by atoms with E-state index in [9.17, 15) is 18.8 Å². The zero-order valence-corrected chi connectivity index (χ0v) is 16.6. The maximum absolute atomic E-state index is 13.0. The summed E-state index contributed by atoms with van der Waals surface area (Å²) in [6.07, 6.45) is 1.59. The Morgan fingerprint density at radius 3 is 2.63 bits per heavy atom. The lowest BCUT2D eigenvalue weighted by Gasteiger charge is -2.15. The van der Waals surface area contributed by atoms with Crippen molar-refractivity contribution in [2.75, 3.05) is 0 Å². The van der Waals surface area contributed by atoms with Crippen LogP contribution in [0.5, 0.6) is 0 Å². The molecule has 1 amide bonds. The first-order valence-corrected chi connectivity index (χ1v) is 10.0. The quantitative estimate of drug-likeness (QED) is 0.514. The van der Waals surface area contributed by atoms with E-state index in [-0.39, 0.29) is 42.7 Å². The van der Waals surface area contributed by atoms with E-state index < -0.39 is 11.2 Å². The first-order chi connectivity index (χ1) is 14.5. The summed E-state index contributed by atoms with van der Waals surface area (Å²) in [7, 11) is 0. The van der Waals surface area contributed by atoms with Crippen LogP contribution in [0, 0.1) is 5.82 Å². The molecule has 30 heavy (non-hydrogen) atoms. The van der Waals surface area contributed by atoms with Crippen LogP contribution >= 0.6 is 11.3 Å². The zero-order valence-electron chi connectivity index (χ0n) is 15.7. The lowest BCUT2D eigenvalue weighted by molar-refractivity contribution is -0.121. The molecule has 2 aliphatic heterocycles. The lowest BCUT2D eigenvalue weighted by Crippen LogP contribution is -2.38. The molecule has 0 radical (unpaired) electrons. The van der Waals surface area contributed by atoms with Crippen LogP contribution in [0.3, 0.4) is 0 Å². The number of hydrogen-bond donors (Lipinski definition) is 1. The molecule has 0 unspecified atom stereocenters. The average molecular weight is 424 g/mol. The minimum Gasteiger partial charge on any atom is -0.350 e. The molecule has 0 atom stereocenters. The van der Waals surface area contributed by atoms with Gasteiger partial charge in [0, 0.05) is 17.6 Å². The van der Waals surface area contributed by atoms with Gasteiger partial charge in [-0.15, -0.1) is 11.3 Å². The number of halogens is 1. The number of thiophene rings is 1. The molecule has 0 spiro atoms. The summed E-state index contributed by atoms with van der Waals surface area (Å²) in [5.41, 5.74) is -0.0869. The number of aromatic nitrogens is 3. The first-order valence-electron chi connectivity index (χ1n) is 9.15. The fourth-order valence-corrected chi connectivity index (χ4v) is 3.75. The number of nitrogens with zero attached hydrogens (tertiary/aromatic N) is 3. The highest BCUT2D eigenvalue weighted by Gasteiger charge is 2.18. The van der Waals surface area contributed by atoms with Gasteiger partial charge < -0.3 is 9.88 Å². The van der Waals surface area contributed by atoms with Gasteiger partial charge in [0.2, 0.25) is 5.91 Å². The normalized spacial score (nSPS) is 11.0. The molecule has 1 aromatic heterocycles.